The number of aromatic nitrogens is 1. The van der Waals surface area contributed by atoms with E-state index in [2.05, 4.69) is 11.1 Å². The van der Waals surface area contributed by atoms with Crippen molar-refractivity contribution in [3.63, 3.8) is 0 Å². The van der Waals surface area contributed by atoms with Gasteiger partial charge in [-0.25, -0.2) is 0 Å². The zero-order valence-electron chi connectivity index (χ0n) is 10.5. The lowest BCUT2D eigenvalue weighted by molar-refractivity contribution is 0.454. The quantitative estimate of drug-likeness (QED) is 0.765. The van der Waals surface area contributed by atoms with Gasteiger partial charge in [-0.1, -0.05) is 0 Å². The number of pyridine rings is 1. The molecular weight excluding hydrogens is 222 g/mol. The van der Waals surface area contributed by atoms with Crippen LogP contribution in [0.3, 0.4) is 0 Å². The van der Waals surface area contributed by atoms with Crippen molar-refractivity contribution in [1.29, 1.82) is 0 Å². The Labute approximate surface area is 107 Å². The van der Waals surface area contributed by atoms with E-state index in [-0.39, 0.29) is 0 Å². The Morgan fingerprint density at radius 2 is 1.67 bits per heavy atom. The third-order valence-corrected chi connectivity index (χ3v) is 4.54. The van der Waals surface area contributed by atoms with Gasteiger partial charge in [0, 0.05) is 17.1 Å². The number of aryl methyl sites for hydroxylation is 3. The monoisotopic (exact) mass is 239 g/mol. The second-order valence-electron chi connectivity index (χ2n) is 5.54. The van der Waals surface area contributed by atoms with Gasteiger partial charge in [0.1, 0.15) is 5.75 Å². The van der Waals surface area contributed by atoms with Crippen molar-refractivity contribution in [3.8, 4) is 5.75 Å². The number of phenolic OH excluding ortho intramolecular Hbond substituents is 1. The number of rotatable bonds is 0. The molecule has 0 radical (unpaired) electrons. The number of aromatic hydroxyl groups is 1. The molecule has 2 aliphatic carbocycles. The summed E-state index contributed by atoms with van der Waals surface area (Å²) in [4.78, 5) is 4.63. The average Bonchev–Trinajstić information content (AvgIpc) is 2.44. The summed E-state index contributed by atoms with van der Waals surface area (Å²) in [7, 11) is 0. The fraction of sp³-hybridized carbons (Fsp3) is 0.438. The smallest absolute Gasteiger partial charge is 0.122 e. The van der Waals surface area contributed by atoms with Crippen molar-refractivity contribution in [1.82, 2.24) is 4.98 Å². The Kier molecular flexibility index (Phi) is 2.14. The molecular formula is C16H17NO. The molecule has 4 rings (SSSR count). The lowest BCUT2D eigenvalue weighted by Gasteiger charge is -2.25. The van der Waals surface area contributed by atoms with Crippen molar-refractivity contribution in [3.05, 3.63) is 34.5 Å². The number of benzene rings is 1. The van der Waals surface area contributed by atoms with E-state index in [0.29, 0.717) is 5.75 Å². The molecule has 1 aromatic heterocycles. The van der Waals surface area contributed by atoms with E-state index in [4.69, 9.17) is 0 Å². The summed E-state index contributed by atoms with van der Waals surface area (Å²) in [5, 5.41) is 11.8. The van der Waals surface area contributed by atoms with Gasteiger partial charge >= 0.3 is 0 Å². The highest BCUT2D eigenvalue weighted by molar-refractivity contribution is 5.92. The van der Waals surface area contributed by atoms with Crippen LogP contribution in [0.4, 0.5) is 0 Å². The SMILES string of the molecule is Oc1c2c(c3nccc4c3c1CCC4)CCCC2. The van der Waals surface area contributed by atoms with Crippen molar-refractivity contribution >= 4 is 10.9 Å². The number of hydrogen-bond acceptors (Lipinski definition) is 2. The van der Waals surface area contributed by atoms with E-state index in [1.54, 1.807) is 0 Å². The molecule has 0 spiro atoms. The minimum Gasteiger partial charge on any atom is -0.507 e. The van der Waals surface area contributed by atoms with Crippen LogP contribution in [-0.4, -0.2) is 10.1 Å². The molecule has 2 nitrogen and oxygen atoms in total. The zero-order chi connectivity index (χ0) is 12.1. The van der Waals surface area contributed by atoms with Gasteiger partial charge in [0.15, 0.2) is 0 Å². The van der Waals surface area contributed by atoms with Crippen LogP contribution in [0.2, 0.25) is 0 Å². The third-order valence-electron chi connectivity index (χ3n) is 4.54. The number of nitrogens with zero attached hydrogens (tertiary/aromatic N) is 1. The van der Waals surface area contributed by atoms with E-state index in [0.717, 1.165) is 32.1 Å². The zero-order valence-corrected chi connectivity index (χ0v) is 10.5. The third kappa shape index (κ3) is 1.26. The van der Waals surface area contributed by atoms with E-state index in [1.165, 1.54) is 46.0 Å². The molecule has 0 amide bonds. The Morgan fingerprint density at radius 1 is 0.889 bits per heavy atom. The van der Waals surface area contributed by atoms with Gasteiger partial charge in [0.2, 0.25) is 0 Å². The van der Waals surface area contributed by atoms with Gasteiger partial charge in [-0.05, 0) is 67.7 Å². The maximum atomic E-state index is 10.6. The summed E-state index contributed by atoms with van der Waals surface area (Å²) in [5.41, 5.74) is 6.23. The molecule has 1 aromatic carbocycles. The molecule has 0 aliphatic heterocycles. The van der Waals surface area contributed by atoms with Gasteiger partial charge in [0.25, 0.3) is 0 Å². The predicted molar refractivity (Wildman–Crippen MR) is 72.1 cm³/mol. The lowest BCUT2D eigenvalue weighted by atomic mass is 9.81. The molecule has 1 N–H and O–H groups in total. The summed E-state index contributed by atoms with van der Waals surface area (Å²) >= 11 is 0. The van der Waals surface area contributed by atoms with Crippen LogP contribution in [0.1, 0.15) is 41.5 Å². The van der Waals surface area contributed by atoms with E-state index >= 15 is 0 Å². The minimum absolute atomic E-state index is 0.589. The number of hydrogen-bond donors (Lipinski definition) is 1. The first kappa shape index (κ1) is 10.4. The molecule has 2 aromatic rings. The molecule has 0 fully saturated rings. The first-order valence-corrected chi connectivity index (χ1v) is 6.99. The number of fused-ring (bicyclic) bond motifs is 2. The predicted octanol–water partition coefficient (Wildman–Crippen LogP) is 3.31. The van der Waals surface area contributed by atoms with E-state index in [1.807, 2.05) is 6.20 Å². The topological polar surface area (TPSA) is 33.1 Å². The van der Waals surface area contributed by atoms with Crippen LogP contribution < -0.4 is 0 Å². The summed E-state index contributed by atoms with van der Waals surface area (Å²) < 4.78 is 0. The summed E-state index contributed by atoms with van der Waals surface area (Å²) in [5.74, 6) is 0.589. The van der Waals surface area contributed by atoms with Gasteiger partial charge in [-0.15, -0.1) is 0 Å². The molecule has 0 bridgehead atoms. The largest absolute Gasteiger partial charge is 0.507 e. The van der Waals surface area contributed by atoms with Crippen molar-refractivity contribution in [2.75, 3.05) is 0 Å². The molecule has 0 unspecified atom stereocenters. The maximum absolute atomic E-state index is 10.6. The van der Waals surface area contributed by atoms with E-state index < -0.39 is 0 Å². The molecule has 2 aliphatic rings. The molecule has 0 saturated heterocycles. The highest BCUT2D eigenvalue weighted by atomic mass is 16.3. The summed E-state index contributed by atoms with van der Waals surface area (Å²) in [6, 6.07) is 2.12. The lowest BCUT2D eigenvalue weighted by Crippen LogP contribution is -2.10. The Morgan fingerprint density at radius 3 is 2.56 bits per heavy atom. The molecule has 2 heteroatoms. The van der Waals surface area contributed by atoms with Crippen LogP contribution in [0.15, 0.2) is 12.3 Å². The van der Waals surface area contributed by atoms with Crippen LogP contribution >= 0.6 is 0 Å². The van der Waals surface area contributed by atoms with Crippen LogP contribution in [0.5, 0.6) is 5.75 Å². The van der Waals surface area contributed by atoms with Crippen molar-refractivity contribution in [2.24, 2.45) is 0 Å². The number of phenols is 1. The Balaban J connectivity index is 2.18. The van der Waals surface area contributed by atoms with Gasteiger partial charge in [-0.3, -0.25) is 4.98 Å². The molecule has 0 atom stereocenters. The minimum atomic E-state index is 0.589. The normalized spacial score (nSPS) is 17.8. The van der Waals surface area contributed by atoms with Gasteiger partial charge < -0.3 is 5.11 Å². The Bertz CT molecular complexity index is 645. The standard InChI is InChI=1S/C16H17NO/c18-16-12-6-2-1-5-11(12)15-14-10(8-9-17-15)4-3-7-13(14)16/h8-9,18H,1-7H2. The molecule has 18 heavy (non-hydrogen) atoms. The molecule has 0 saturated carbocycles. The van der Waals surface area contributed by atoms with Crippen molar-refractivity contribution in [2.45, 2.75) is 44.9 Å². The summed E-state index contributed by atoms with van der Waals surface area (Å²) in [6.45, 7) is 0. The van der Waals surface area contributed by atoms with Crippen LogP contribution in [0, 0.1) is 0 Å². The van der Waals surface area contributed by atoms with Crippen LogP contribution in [0.25, 0.3) is 10.9 Å². The first-order valence-electron chi connectivity index (χ1n) is 6.99. The highest BCUT2D eigenvalue weighted by Crippen LogP contribution is 2.42. The fourth-order valence-electron chi connectivity index (χ4n) is 3.70. The molecule has 92 valence electrons. The Hall–Kier alpha value is -1.57. The second-order valence-corrected chi connectivity index (χ2v) is 5.54. The molecule has 1 heterocycles. The summed E-state index contributed by atoms with van der Waals surface area (Å²) in [6.07, 6.45) is 9.76. The highest BCUT2D eigenvalue weighted by Gasteiger charge is 2.24. The second kappa shape index (κ2) is 3.71. The average molecular weight is 239 g/mol. The fourth-order valence-corrected chi connectivity index (χ4v) is 3.70. The van der Waals surface area contributed by atoms with Crippen LogP contribution in [-0.2, 0) is 25.7 Å². The van der Waals surface area contributed by atoms with Gasteiger partial charge in [0.05, 0.1) is 5.52 Å². The maximum Gasteiger partial charge on any atom is 0.122 e. The van der Waals surface area contributed by atoms with Gasteiger partial charge in [-0.2, -0.15) is 0 Å². The van der Waals surface area contributed by atoms with E-state index in [9.17, 15) is 5.11 Å². The first-order chi connectivity index (χ1) is 8.86. The van der Waals surface area contributed by atoms with Crippen molar-refractivity contribution < 1.29 is 5.11 Å².